The van der Waals surface area contributed by atoms with Crippen LogP contribution < -0.4 is 4.74 Å². The van der Waals surface area contributed by atoms with Crippen molar-refractivity contribution in [2.75, 3.05) is 13.3 Å². The summed E-state index contributed by atoms with van der Waals surface area (Å²) in [6.45, 7) is 5.17. The Morgan fingerprint density at radius 3 is 2.74 bits per heavy atom. The summed E-state index contributed by atoms with van der Waals surface area (Å²) in [6.07, 6.45) is 3.76. The molecule has 4 heteroatoms. The van der Waals surface area contributed by atoms with Crippen molar-refractivity contribution in [3.63, 3.8) is 0 Å². The van der Waals surface area contributed by atoms with Crippen LogP contribution in [-0.2, 0) is 24.4 Å². The van der Waals surface area contributed by atoms with Gasteiger partial charge in [-0.1, -0.05) is 11.6 Å². The number of phenols is 1. The molecule has 3 nitrogen and oxygen atoms in total. The Bertz CT molecular complexity index is 521. The van der Waals surface area contributed by atoms with Gasteiger partial charge in [0.1, 0.15) is 11.5 Å². The highest BCUT2D eigenvalue weighted by molar-refractivity contribution is 7.16. The van der Waals surface area contributed by atoms with Crippen LogP contribution in [0, 0.1) is 6.92 Å². The van der Waals surface area contributed by atoms with Gasteiger partial charge in [0, 0.05) is 11.1 Å². The van der Waals surface area contributed by atoms with Gasteiger partial charge in [-0.2, -0.15) is 0 Å². The lowest BCUT2D eigenvalue weighted by atomic mass is 9.95. The lowest BCUT2D eigenvalue weighted by Gasteiger charge is -2.16. The molecule has 0 radical (unpaired) electrons. The molecule has 1 unspecified atom stereocenters. The third kappa shape index (κ3) is 2.63. The molecule has 19 heavy (non-hydrogen) atoms. The minimum absolute atomic E-state index is 0.336. The zero-order valence-electron chi connectivity index (χ0n) is 11.7. The highest BCUT2D eigenvalue weighted by Crippen LogP contribution is 2.41. The van der Waals surface area contributed by atoms with Crippen LogP contribution in [0.1, 0.15) is 29.2 Å². The highest BCUT2D eigenvalue weighted by atomic mass is 31.0. The van der Waals surface area contributed by atoms with E-state index in [0.717, 1.165) is 34.2 Å². The summed E-state index contributed by atoms with van der Waals surface area (Å²) in [5.41, 5.74) is 5.22. The first-order chi connectivity index (χ1) is 9.10. The van der Waals surface area contributed by atoms with Crippen LogP contribution in [0.2, 0.25) is 0 Å². The van der Waals surface area contributed by atoms with E-state index in [1.54, 1.807) is 7.11 Å². The molecule has 104 valence electrons. The molecule has 1 N–H and O–H groups in total. The normalized spacial score (nSPS) is 14.6. The van der Waals surface area contributed by atoms with Gasteiger partial charge in [0.25, 0.3) is 0 Å². The average Bonchev–Trinajstić information content (AvgIpc) is 2.90. The Labute approximate surface area is 116 Å². The smallest absolute Gasteiger partial charge is 0.129 e. The Morgan fingerprint density at radius 2 is 2.11 bits per heavy atom. The number of phenolic OH excluding ortho intramolecular Hbond substituents is 1. The average molecular weight is 280 g/mol. The third-order valence-corrected chi connectivity index (χ3v) is 4.32. The Hall–Kier alpha value is -1.05. The summed E-state index contributed by atoms with van der Waals surface area (Å²) in [5.74, 6) is 1.12. The molecule has 0 saturated carbocycles. The number of allylic oxidation sites excluding steroid dienone is 2. The van der Waals surface area contributed by atoms with E-state index in [4.69, 9.17) is 9.47 Å². The summed E-state index contributed by atoms with van der Waals surface area (Å²) in [7, 11) is 4.36. The quantitative estimate of drug-likeness (QED) is 0.680. The van der Waals surface area contributed by atoms with Gasteiger partial charge >= 0.3 is 0 Å². The zero-order valence-corrected chi connectivity index (χ0v) is 12.9. The van der Waals surface area contributed by atoms with Crippen LogP contribution in [-0.4, -0.2) is 18.4 Å². The van der Waals surface area contributed by atoms with E-state index in [-0.39, 0.29) is 0 Å². The van der Waals surface area contributed by atoms with E-state index in [1.165, 1.54) is 5.57 Å². The SMILES string of the molecule is COc1c(C)c2c(c(O)c1C/C=C(\C)CP)COC2. The largest absolute Gasteiger partial charge is 0.507 e. The Morgan fingerprint density at radius 1 is 1.42 bits per heavy atom. The maximum atomic E-state index is 10.4. The van der Waals surface area contributed by atoms with Gasteiger partial charge in [0.15, 0.2) is 0 Å². The topological polar surface area (TPSA) is 38.7 Å². The van der Waals surface area contributed by atoms with Gasteiger partial charge < -0.3 is 14.6 Å². The fraction of sp³-hybridized carbons (Fsp3) is 0.467. The summed E-state index contributed by atoms with van der Waals surface area (Å²) in [5, 5.41) is 10.4. The lowest BCUT2D eigenvalue weighted by Crippen LogP contribution is -2.01. The number of benzene rings is 1. The number of methoxy groups -OCH3 is 1. The van der Waals surface area contributed by atoms with Crippen LogP contribution in [0.4, 0.5) is 0 Å². The molecule has 1 aromatic carbocycles. The highest BCUT2D eigenvalue weighted by Gasteiger charge is 2.25. The summed E-state index contributed by atoms with van der Waals surface area (Å²) in [6, 6.07) is 0. The standard InChI is InChI=1S/C15H21O3P/c1-9(8-19)4-5-11-14(16)13-7-18-6-12(13)10(2)15(11)17-3/h4,16H,5-8,19H2,1-3H3/b9-4+. The molecule has 0 aromatic heterocycles. The van der Waals surface area contributed by atoms with Crippen molar-refractivity contribution in [1.82, 2.24) is 0 Å². The lowest BCUT2D eigenvalue weighted by molar-refractivity contribution is 0.133. The van der Waals surface area contributed by atoms with Crippen molar-refractivity contribution in [1.29, 1.82) is 0 Å². The molecule has 0 spiro atoms. The number of aromatic hydroxyl groups is 1. The van der Waals surface area contributed by atoms with E-state index < -0.39 is 0 Å². The Kier molecular flexibility index (Phi) is 4.49. The number of ether oxygens (including phenoxy) is 2. The Balaban J connectivity index is 2.50. The molecular weight excluding hydrogens is 259 g/mol. The van der Waals surface area contributed by atoms with E-state index in [9.17, 15) is 5.11 Å². The second kappa shape index (κ2) is 5.94. The molecule has 0 fully saturated rings. The van der Waals surface area contributed by atoms with Crippen molar-refractivity contribution >= 4 is 9.24 Å². The molecule has 1 aliphatic heterocycles. The number of hydrogen-bond donors (Lipinski definition) is 1. The second-order valence-electron chi connectivity index (χ2n) is 4.89. The maximum Gasteiger partial charge on any atom is 0.129 e. The van der Waals surface area contributed by atoms with Crippen molar-refractivity contribution in [3.8, 4) is 11.5 Å². The number of hydrogen-bond acceptors (Lipinski definition) is 3. The van der Waals surface area contributed by atoms with Gasteiger partial charge in [-0.05, 0) is 37.6 Å². The molecule has 0 amide bonds. The molecule has 1 heterocycles. The van der Waals surface area contributed by atoms with Gasteiger partial charge in [0.2, 0.25) is 0 Å². The molecule has 1 atom stereocenters. The summed E-state index contributed by atoms with van der Waals surface area (Å²) < 4.78 is 10.9. The van der Waals surface area contributed by atoms with Gasteiger partial charge in [-0.25, -0.2) is 0 Å². The fourth-order valence-corrected chi connectivity index (χ4v) is 2.62. The molecule has 0 aliphatic carbocycles. The predicted molar refractivity (Wildman–Crippen MR) is 79.9 cm³/mol. The fourth-order valence-electron chi connectivity index (χ4n) is 2.45. The van der Waals surface area contributed by atoms with E-state index >= 15 is 0 Å². The van der Waals surface area contributed by atoms with Gasteiger partial charge in [0.05, 0.1) is 20.3 Å². The molecule has 0 saturated heterocycles. The van der Waals surface area contributed by atoms with Crippen LogP contribution in [0.5, 0.6) is 11.5 Å². The van der Waals surface area contributed by atoms with Crippen LogP contribution in [0.15, 0.2) is 11.6 Å². The summed E-state index contributed by atoms with van der Waals surface area (Å²) in [4.78, 5) is 0. The van der Waals surface area contributed by atoms with Crippen molar-refractivity contribution < 1.29 is 14.6 Å². The maximum absolute atomic E-state index is 10.4. The minimum atomic E-state index is 0.336. The molecule has 0 bridgehead atoms. The van der Waals surface area contributed by atoms with E-state index in [0.29, 0.717) is 25.4 Å². The van der Waals surface area contributed by atoms with E-state index in [2.05, 4.69) is 22.2 Å². The van der Waals surface area contributed by atoms with Crippen LogP contribution in [0.3, 0.4) is 0 Å². The second-order valence-corrected chi connectivity index (χ2v) is 5.30. The number of rotatable bonds is 4. The molecular formula is C15H21O3P. The molecule has 1 aliphatic rings. The monoisotopic (exact) mass is 280 g/mol. The van der Waals surface area contributed by atoms with Crippen molar-refractivity contribution in [2.24, 2.45) is 0 Å². The summed E-state index contributed by atoms with van der Waals surface area (Å²) >= 11 is 0. The van der Waals surface area contributed by atoms with Gasteiger partial charge in [-0.3, -0.25) is 0 Å². The van der Waals surface area contributed by atoms with Crippen LogP contribution >= 0.6 is 9.24 Å². The first-order valence-electron chi connectivity index (χ1n) is 6.43. The first-order valence-corrected chi connectivity index (χ1v) is 7.25. The molecule has 2 rings (SSSR count). The van der Waals surface area contributed by atoms with Crippen LogP contribution in [0.25, 0.3) is 0 Å². The van der Waals surface area contributed by atoms with Crippen molar-refractivity contribution in [3.05, 3.63) is 33.9 Å². The van der Waals surface area contributed by atoms with Gasteiger partial charge in [-0.15, -0.1) is 9.24 Å². The zero-order chi connectivity index (χ0) is 14.0. The minimum Gasteiger partial charge on any atom is -0.507 e. The number of fused-ring (bicyclic) bond motifs is 1. The third-order valence-electron chi connectivity index (χ3n) is 3.68. The van der Waals surface area contributed by atoms with Crippen molar-refractivity contribution in [2.45, 2.75) is 33.5 Å². The van der Waals surface area contributed by atoms with E-state index in [1.807, 2.05) is 6.92 Å². The molecule has 1 aromatic rings. The predicted octanol–water partition coefficient (Wildman–Crippen LogP) is 3.10. The first kappa shape index (κ1) is 14.4.